The molecule has 5 nitrogen and oxygen atoms in total. The van der Waals surface area contributed by atoms with Crippen LogP contribution in [0.15, 0.2) is 0 Å². The highest BCUT2D eigenvalue weighted by molar-refractivity contribution is 5.88. The number of nitrogens with two attached hydrogens (primary N) is 1. The molecule has 1 aliphatic heterocycles. The molecule has 0 radical (unpaired) electrons. The summed E-state index contributed by atoms with van der Waals surface area (Å²) < 4.78 is 0. The normalized spacial score (nSPS) is 27.1. The van der Waals surface area contributed by atoms with Crippen LogP contribution < -0.4 is 11.1 Å². The fourth-order valence-electron chi connectivity index (χ4n) is 3.63. The summed E-state index contributed by atoms with van der Waals surface area (Å²) in [5, 5.41) is 2.92. The molecule has 2 amide bonds. The number of halogens is 1. The molecule has 2 aliphatic rings. The van der Waals surface area contributed by atoms with Gasteiger partial charge in [0, 0.05) is 18.5 Å². The molecule has 0 aromatic heterocycles. The van der Waals surface area contributed by atoms with E-state index in [2.05, 4.69) is 12.2 Å². The third-order valence-electron chi connectivity index (χ3n) is 4.98. The van der Waals surface area contributed by atoms with Crippen molar-refractivity contribution in [3.05, 3.63) is 0 Å². The lowest BCUT2D eigenvalue weighted by Gasteiger charge is -2.27. The molecule has 3 atom stereocenters. The van der Waals surface area contributed by atoms with Crippen LogP contribution in [-0.4, -0.2) is 41.9 Å². The summed E-state index contributed by atoms with van der Waals surface area (Å²) in [5.74, 6) is 0.576. The van der Waals surface area contributed by atoms with Gasteiger partial charge in [-0.25, -0.2) is 0 Å². The number of nitrogens with one attached hydrogen (secondary N) is 1. The van der Waals surface area contributed by atoms with Crippen molar-refractivity contribution >= 4 is 24.2 Å². The molecule has 0 aromatic carbocycles. The number of amides is 2. The van der Waals surface area contributed by atoms with E-state index in [-0.39, 0.29) is 36.2 Å². The summed E-state index contributed by atoms with van der Waals surface area (Å²) in [7, 11) is 0. The Hall–Kier alpha value is -0.810. The predicted molar refractivity (Wildman–Crippen MR) is 89.8 cm³/mol. The molecule has 0 spiro atoms. The van der Waals surface area contributed by atoms with Gasteiger partial charge in [0.1, 0.15) is 6.04 Å². The van der Waals surface area contributed by atoms with Gasteiger partial charge in [0.05, 0.1) is 0 Å². The van der Waals surface area contributed by atoms with Crippen LogP contribution in [0.25, 0.3) is 0 Å². The maximum atomic E-state index is 12.5. The Balaban J connectivity index is 0.00000242. The molecule has 1 aliphatic carbocycles. The molecular weight excluding hydrogens is 302 g/mol. The Bertz CT molecular complexity index is 386. The van der Waals surface area contributed by atoms with Gasteiger partial charge in [-0.1, -0.05) is 19.3 Å². The van der Waals surface area contributed by atoms with Gasteiger partial charge in [0.2, 0.25) is 11.8 Å². The summed E-state index contributed by atoms with van der Waals surface area (Å²) in [6.07, 6.45) is 6.36. The fourth-order valence-corrected chi connectivity index (χ4v) is 3.63. The van der Waals surface area contributed by atoms with Crippen molar-refractivity contribution in [2.75, 3.05) is 13.1 Å². The van der Waals surface area contributed by atoms with Crippen molar-refractivity contribution in [2.24, 2.45) is 17.6 Å². The monoisotopic (exact) mass is 331 g/mol. The van der Waals surface area contributed by atoms with Gasteiger partial charge >= 0.3 is 0 Å². The summed E-state index contributed by atoms with van der Waals surface area (Å²) in [4.78, 5) is 26.6. The van der Waals surface area contributed by atoms with E-state index in [1.807, 2.05) is 4.90 Å². The van der Waals surface area contributed by atoms with Gasteiger partial charge in [0.15, 0.2) is 0 Å². The molecule has 3 N–H and O–H groups in total. The summed E-state index contributed by atoms with van der Waals surface area (Å²) in [6, 6.07) is -0.210. The first kappa shape index (κ1) is 19.2. The number of carbonyl (C=O) groups excluding carboxylic acids is 2. The van der Waals surface area contributed by atoms with E-state index in [1.165, 1.54) is 6.42 Å². The number of hydrogen-bond acceptors (Lipinski definition) is 3. The number of rotatable bonds is 4. The molecule has 128 valence electrons. The van der Waals surface area contributed by atoms with E-state index in [0.717, 1.165) is 38.6 Å². The summed E-state index contributed by atoms with van der Waals surface area (Å²) in [5.41, 5.74) is 5.71. The molecule has 1 saturated heterocycles. The lowest BCUT2D eigenvalue weighted by atomic mass is 9.88. The van der Waals surface area contributed by atoms with Crippen LogP contribution in [-0.2, 0) is 9.59 Å². The molecule has 22 heavy (non-hydrogen) atoms. The second-order valence-corrected chi connectivity index (χ2v) is 6.74. The minimum Gasteiger partial charge on any atom is -0.344 e. The Morgan fingerprint density at radius 3 is 2.45 bits per heavy atom. The van der Waals surface area contributed by atoms with Crippen molar-refractivity contribution in [1.29, 1.82) is 0 Å². The minimum atomic E-state index is -0.432. The smallest absolute Gasteiger partial charge is 0.245 e. The molecule has 0 aromatic rings. The van der Waals surface area contributed by atoms with E-state index >= 15 is 0 Å². The first-order chi connectivity index (χ1) is 10.0. The molecule has 1 heterocycles. The standard InChI is InChI=1S/C16H29N3O2.ClH/c1-11-8-13(9-17)10-19(11)16(21)12(2)18-15(20)14-6-4-3-5-7-14;/h11-14H,3-10,17H2,1-2H3,(H,18,20);1H/t11?,12-,13?;/m0./s1. The lowest BCUT2D eigenvalue weighted by molar-refractivity contribution is -0.137. The maximum Gasteiger partial charge on any atom is 0.245 e. The van der Waals surface area contributed by atoms with Crippen molar-refractivity contribution in [2.45, 2.75) is 64.5 Å². The van der Waals surface area contributed by atoms with Gasteiger partial charge in [0.25, 0.3) is 0 Å². The van der Waals surface area contributed by atoms with Crippen molar-refractivity contribution < 1.29 is 9.59 Å². The highest BCUT2D eigenvalue weighted by atomic mass is 35.5. The average molecular weight is 332 g/mol. The lowest BCUT2D eigenvalue weighted by Crippen LogP contribution is -2.49. The van der Waals surface area contributed by atoms with E-state index in [4.69, 9.17) is 5.73 Å². The van der Waals surface area contributed by atoms with Gasteiger partial charge in [-0.2, -0.15) is 0 Å². The highest BCUT2D eigenvalue weighted by Gasteiger charge is 2.34. The molecule has 2 unspecified atom stereocenters. The Morgan fingerprint density at radius 1 is 1.27 bits per heavy atom. The predicted octanol–water partition coefficient (Wildman–Crippen LogP) is 1.69. The molecule has 6 heteroatoms. The zero-order valence-electron chi connectivity index (χ0n) is 13.7. The quantitative estimate of drug-likeness (QED) is 0.823. The van der Waals surface area contributed by atoms with Crippen molar-refractivity contribution in [3.63, 3.8) is 0 Å². The largest absolute Gasteiger partial charge is 0.344 e. The van der Waals surface area contributed by atoms with Crippen LogP contribution in [0.2, 0.25) is 0 Å². The van der Waals surface area contributed by atoms with Crippen LogP contribution >= 0.6 is 12.4 Å². The zero-order chi connectivity index (χ0) is 15.4. The first-order valence-corrected chi connectivity index (χ1v) is 8.33. The Kier molecular flexibility index (Phi) is 7.63. The average Bonchev–Trinajstić information content (AvgIpc) is 2.88. The van der Waals surface area contributed by atoms with Crippen molar-refractivity contribution in [1.82, 2.24) is 10.2 Å². The van der Waals surface area contributed by atoms with Crippen LogP contribution in [0.5, 0.6) is 0 Å². The van der Waals surface area contributed by atoms with Crippen LogP contribution in [0.3, 0.4) is 0 Å². The Labute approximate surface area is 139 Å². The van der Waals surface area contributed by atoms with Crippen LogP contribution in [0, 0.1) is 11.8 Å². The first-order valence-electron chi connectivity index (χ1n) is 8.33. The van der Waals surface area contributed by atoms with Gasteiger partial charge < -0.3 is 16.0 Å². The van der Waals surface area contributed by atoms with Gasteiger partial charge in [-0.3, -0.25) is 9.59 Å². The van der Waals surface area contributed by atoms with E-state index in [9.17, 15) is 9.59 Å². The second kappa shape index (κ2) is 8.73. The Morgan fingerprint density at radius 2 is 1.91 bits per heavy atom. The van der Waals surface area contributed by atoms with Gasteiger partial charge in [-0.05, 0) is 45.6 Å². The summed E-state index contributed by atoms with van der Waals surface area (Å²) in [6.45, 7) is 5.20. The number of nitrogens with zero attached hydrogens (tertiary/aromatic N) is 1. The molecular formula is C16H30ClN3O2. The third-order valence-corrected chi connectivity index (χ3v) is 4.98. The van der Waals surface area contributed by atoms with Gasteiger partial charge in [-0.15, -0.1) is 12.4 Å². The number of hydrogen-bond donors (Lipinski definition) is 2. The SMILES string of the molecule is CC1CC(CN)CN1C(=O)[C@H](C)NC(=O)C1CCCCC1.Cl. The number of likely N-dealkylation sites (tertiary alicyclic amines) is 1. The maximum absolute atomic E-state index is 12.5. The molecule has 0 bridgehead atoms. The van der Waals surface area contributed by atoms with E-state index in [0.29, 0.717) is 12.5 Å². The fraction of sp³-hybridized carbons (Fsp3) is 0.875. The topological polar surface area (TPSA) is 75.4 Å². The molecule has 2 rings (SSSR count). The highest BCUT2D eigenvalue weighted by Crippen LogP contribution is 2.25. The van der Waals surface area contributed by atoms with Crippen LogP contribution in [0.1, 0.15) is 52.4 Å². The zero-order valence-corrected chi connectivity index (χ0v) is 14.5. The minimum absolute atomic E-state index is 0. The number of carbonyl (C=O) groups is 2. The molecule has 1 saturated carbocycles. The third kappa shape index (κ3) is 4.59. The van der Waals surface area contributed by atoms with E-state index in [1.54, 1.807) is 6.92 Å². The van der Waals surface area contributed by atoms with Crippen LogP contribution in [0.4, 0.5) is 0 Å². The molecule has 2 fully saturated rings. The summed E-state index contributed by atoms with van der Waals surface area (Å²) >= 11 is 0. The van der Waals surface area contributed by atoms with E-state index < -0.39 is 6.04 Å². The second-order valence-electron chi connectivity index (χ2n) is 6.74. The van der Waals surface area contributed by atoms with Crippen molar-refractivity contribution in [3.8, 4) is 0 Å².